The van der Waals surface area contributed by atoms with E-state index >= 15 is 0 Å². The fourth-order valence-corrected chi connectivity index (χ4v) is 3.97. The molecular weight excluding hydrogens is 352 g/mol. The van der Waals surface area contributed by atoms with Crippen LogP contribution < -0.4 is 10.1 Å². The maximum absolute atomic E-state index is 12.1. The van der Waals surface area contributed by atoms with Gasteiger partial charge in [-0.25, -0.2) is 0 Å². The first-order valence-electron chi connectivity index (χ1n) is 10.5. The lowest BCUT2D eigenvalue weighted by atomic mass is 9.85. The number of ether oxygens (including phenoxy) is 1. The maximum Gasteiger partial charge on any atom is 0.223 e. The molecular formula is C22H30N4O2. The van der Waals surface area contributed by atoms with Crippen LogP contribution in [0, 0.1) is 5.92 Å². The van der Waals surface area contributed by atoms with Gasteiger partial charge in [-0.05, 0) is 38.3 Å². The Morgan fingerprint density at radius 3 is 2.89 bits per heavy atom. The average Bonchev–Trinajstić information content (AvgIpc) is 2.92. The fourth-order valence-electron chi connectivity index (χ4n) is 3.97. The molecule has 28 heavy (non-hydrogen) atoms. The van der Waals surface area contributed by atoms with Crippen LogP contribution in [0.25, 0.3) is 0 Å². The van der Waals surface area contributed by atoms with Crippen molar-refractivity contribution in [2.45, 2.75) is 58.8 Å². The fraction of sp³-hybridized carbons (Fsp3) is 0.545. The average molecular weight is 383 g/mol. The smallest absolute Gasteiger partial charge is 0.223 e. The van der Waals surface area contributed by atoms with E-state index in [1.165, 1.54) is 17.7 Å². The van der Waals surface area contributed by atoms with Crippen LogP contribution in [0.15, 0.2) is 30.3 Å². The lowest BCUT2D eigenvalue weighted by molar-refractivity contribution is -0.127. The van der Waals surface area contributed by atoms with Gasteiger partial charge in [0.05, 0.1) is 24.5 Å². The Bertz CT molecular complexity index is 813. The van der Waals surface area contributed by atoms with Crippen LogP contribution in [0.1, 0.15) is 49.6 Å². The number of para-hydroxylation sites is 1. The van der Waals surface area contributed by atoms with E-state index in [2.05, 4.69) is 33.1 Å². The third-order valence-corrected chi connectivity index (χ3v) is 5.73. The highest BCUT2D eigenvalue weighted by Gasteiger charge is 2.25. The van der Waals surface area contributed by atoms with Crippen molar-refractivity contribution in [3.05, 3.63) is 47.3 Å². The van der Waals surface area contributed by atoms with E-state index in [0.717, 1.165) is 56.9 Å². The number of nitrogens with zero attached hydrogens (tertiary/aromatic N) is 3. The van der Waals surface area contributed by atoms with Gasteiger partial charge < -0.3 is 10.1 Å². The Labute approximate surface area is 166 Å². The number of rotatable bonds is 7. The van der Waals surface area contributed by atoms with E-state index in [-0.39, 0.29) is 11.8 Å². The lowest BCUT2D eigenvalue weighted by Crippen LogP contribution is -2.34. The molecule has 2 heterocycles. The highest BCUT2D eigenvalue weighted by molar-refractivity contribution is 5.79. The number of amides is 1. The largest absolute Gasteiger partial charge is 0.494 e. The standard InChI is InChI=1S/C22H30N4O2/c1-2-28-21-10-4-3-7-18(21)15-25-11-6-12-26-20(16-25)13-19(24-26)14-23-22(27)17-8-5-9-17/h3-4,7,10,13,17H,2,5-6,8-9,11-12,14-16H2,1H3,(H,23,27). The summed E-state index contributed by atoms with van der Waals surface area (Å²) in [7, 11) is 0. The molecule has 0 spiro atoms. The number of carbonyl (C=O) groups excluding carboxylic acids is 1. The molecule has 0 unspecified atom stereocenters. The van der Waals surface area contributed by atoms with Crippen LogP contribution in [0.3, 0.4) is 0 Å². The van der Waals surface area contributed by atoms with Gasteiger partial charge >= 0.3 is 0 Å². The van der Waals surface area contributed by atoms with Gasteiger partial charge in [0.25, 0.3) is 0 Å². The molecule has 1 amide bonds. The number of benzene rings is 1. The summed E-state index contributed by atoms with van der Waals surface area (Å²) >= 11 is 0. The third kappa shape index (κ3) is 4.38. The van der Waals surface area contributed by atoms with Crippen molar-refractivity contribution >= 4 is 5.91 Å². The summed E-state index contributed by atoms with van der Waals surface area (Å²) in [4.78, 5) is 14.5. The predicted octanol–water partition coefficient (Wildman–Crippen LogP) is 3.10. The number of aromatic nitrogens is 2. The second-order valence-electron chi connectivity index (χ2n) is 7.80. The van der Waals surface area contributed by atoms with Crippen LogP contribution in [0.4, 0.5) is 0 Å². The van der Waals surface area contributed by atoms with Gasteiger partial charge in [0.1, 0.15) is 5.75 Å². The molecule has 1 aliphatic heterocycles. The molecule has 0 bridgehead atoms. The van der Waals surface area contributed by atoms with E-state index in [1.54, 1.807) is 0 Å². The molecule has 1 aromatic heterocycles. The third-order valence-electron chi connectivity index (χ3n) is 5.73. The lowest BCUT2D eigenvalue weighted by Gasteiger charge is -2.23. The maximum atomic E-state index is 12.1. The summed E-state index contributed by atoms with van der Waals surface area (Å²) in [6.45, 7) is 6.93. The van der Waals surface area contributed by atoms with E-state index < -0.39 is 0 Å². The zero-order chi connectivity index (χ0) is 19.3. The van der Waals surface area contributed by atoms with Gasteiger partial charge in [0.15, 0.2) is 0 Å². The van der Waals surface area contributed by atoms with Gasteiger partial charge in [0.2, 0.25) is 5.91 Å². The molecule has 0 saturated heterocycles. The van der Waals surface area contributed by atoms with Gasteiger partial charge in [0, 0.05) is 37.7 Å². The molecule has 2 aliphatic rings. The van der Waals surface area contributed by atoms with Crippen molar-refractivity contribution in [3.63, 3.8) is 0 Å². The van der Waals surface area contributed by atoms with Crippen molar-refractivity contribution in [3.8, 4) is 5.75 Å². The Kier molecular flexibility index (Phi) is 5.95. The van der Waals surface area contributed by atoms with Crippen molar-refractivity contribution in [1.82, 2.24) is 20.0 Å². The number of carbonyl (C=O) groups is 1. The van der Waals surface area contributed by atoms with Crippen LogP contribution in [-0.2, 0) is 31.0 Å². The second kappa shape index (κ2) is 8.78. The molecule has 6 heteroatoms. The van der Waals surface area contributed by atoms with Crippen molar-refractivity contribution in [2.24, 2.45) is 5.92 Å². The van der Waals surface area contributed by atoms with E-state index in [0.29, 0.717) is 13.2 Å². The number of nitrogens with one attached hydrogen (secondary N) is 1. The van der Waals surface area contributed by atoms with Crippen molar-refractivity contribution < 1.29 is 9.53 Å². The minimum atomic E-state index is 0.184. The van der Waals surface area contributed by atoms with Gasteiger partial charge in [-0.1, -0.05) is 24.6 Å². The number of fused-ring (bicyclic) bond motifs is 1. The molecule has 1 fully saturated rings. The Hall–Kier alpha value is -2.34. The number of hydrogen-bond donors (Lipinski definition) is 1. The zero-order valence-electron chi connectivity index (χ0n) is 16.7. The molecule has 6 nitrogen and oxygen atoms in total. The topological polar surface area (TPSA) is 59.4 Å². The summed E-state index contributed by atoms with van der Waals surface area (Å²) < 4.78 is 7.90. The summed E-state index contributed by atoms with van der Waals surface area (Å²) in [5, 5.41) is 7.78. The molecule has 1 saturated carbocycles. The highest BCUT2D eigenvalue weighted by atomic mass is 16.5. The first kappa shape index (κ1) is 19.0. The van der Waals surface area contributed by atoms with Gasteiger partial charge in [-0.15, -0.1) is 0 Å². The number of aryl methyl sites for hydroxylation is 1. The van der Waals surface area contributed by atoms with Crippen LogP contribution in [-0.4, -0.2) is 33.7 Å². The quantitative estimate of drug-likeness (QED) is 0.799. The molecule has 1 aliphatic carbocycles. The molecule has 1 aromatic carbocycles. The normalized spacial score (nSPS) is 17.5. The highest BCUT2D eigenvalue weighted by Crippen LogP contribution is 2.26. The van der Waals surface area contributed by atoms with E-state index in [4.69, 9.17) is 9.84 Å². The Morgan fingerprint density at radius 1 is 1.25 bits per heavy atom. The van der Waals surface area contributed by atoms with Crippen molar-refractivity contribution in [2.75, 3.05) is 13.2 Å². The van der Waals surface area contributed by atoms with E-state index in [9.17, 15) is 4.79 Å². The first-order valence-corrected chi connectivity index (χ1v) is 10.5. The van der Waals surface area contributed by atoms with Crippen LogP contribution in [0.2, 0.25) is 0 Å². The van der Waals surface area contributed by atoms with Gasteiger partial charge in [-0.2, -0.15) is 5.10 Å². The molecule has 1 N–H and O–H groups in total. The molecule has 0 atom stereocenters. The molecule has 150 valence electrons. The monoisotopic (exact) mass is 382 g/mol. The second-order valence-corrected chi connectivity index (χ2v) is 7.80. The molecule has 4 rings (SSSR count). The summed E-state index contributed by atoms with van der Waals surface area (Å²) in [5.74, 6) is 1.38. The van der Waals surface area contributed by atoms with Crippen LogP contribution in [0.5, 0.6) is 5.75 Å². The Morgan fingerprint density at radius 2 is 2.11 bits per heavy atom. The minimum absolute atomic E-state index is 0.184. The Balaban J connectivity index is 1.39. The summed E-state index contributed by atoms with van der Waals surface area (Å²) in [5.41, 5.74) is 3.41. The predicted molar refractivity (Wildman–Crippen MR) is 108 cm³/mol. The van der Waals surface area contributed by atoms with Gasteiger partial charge in [-0.3, -0.25) is 14.4 Å². The summed E-state index contributed by atoms with van der Waals surface area (Å²) in [6, 6.07) is 10.4. The van der Waals surface area contributed by atoms with Crippen molar-refractivity contribution in [1.29, 1.82) is 0 Å². The summed E-state index contributed by atoms with van der Waals surface area (Å²) in [6.07, 6.45) is 4.31. The molecule has 2 aromatic rings. The SMILES string of the molecule is CCOc1ccccc1CN1CCCn2nc(CNC(=O)C3CCC3)cc2C1. The minimum Gasteiger partial charge on any atom is -0.494 e. The van der Waals surface area contributed by atoms with Crippen LogP contribution >= 0.6 is 0 Å². The van der Waals surface area contributed by atoms with E-state index in [1.807, 2.05) is 19.1 Å². The molecule has 0 radical (unpaired) electrons. The first-order chi connectivity index (χ1) is 13.7. The zero-order valence-corrected chi connectivity index (χ0v) is 16.7. The number of hydrogen-bond acceptors (Lipinski definition) is 4.